The summed E-state index contributed by atoms with van der Waals surface area (Å²) in [4.78, 5) is 26.0. The maximum absolute atomic E-state index is 14.7. The van der Waals surface area contributed by atoms with E-state index < -0.39 is 46.1 Å². The Morgan fingerprint density at radius 2 is 2.12 bits per heavy atom. The van der Waals surface area contributed by atoms with Crippen molar-refractivity contribution in [2.24, 2.45) is 10.6 Å². The number of hydrazine groups is 1. The van der Waals surface area contributed by atoms with Gasteiger partial charge >= 0.3 is 0 Å². The van der Waals surface area contributed by atoms with Crippen LogP contribution in [-0.2, 0) is 30.0 Å². The number of nitrogens with two attached hydrogens (primary N) is 1. The van der Waals surface area contributed by atoms with Gasteiger partial charge < -0.3 is 25.1 Å². The lowest BCUT2D eigenvalue weighted by molar-refractivity contribution is -0.132. The minimum absolute atomic E-state index is 0.106. The number of benzene rings is 1. The third-order valence-corrected chi connectivity index (χ3v) is 6.04. The molecule has 1 saturated heterocycles. The molecule has 4 atom stereocenters. The van der Waals surface area contributed by atoms with Crippen LogP contribution in [0.4, 0.5) is 10.1 Å². The van der Waals surface area contributed by atoms with Gasteiger partial charge in [0.2, 0.25) is 11.8 Å². The van der Waals surface area contributed by atoms with Gasteiger partial charge in [-0.15, -0.1) is 0 Å². The van der Waals surface area contributed by atoms with E-state index in [0.717, 1.165) is 0 Å². The van der Waals surface area contributed by atoms with Crippen LogP contribution in [0.15, 0.2) is 18.2 Å². The second-order valence-corrected chi connectivity index (χ2v) is 10.3. The van der Waals surface area contributed by atoms with Crippen molar-refractivity contribution in [3.05, 3.63) is 29.6 Å². The van der Waals surface area contributed by atoms with E-state index in [2.05, 4.69) is 16.1 Å². The van der Waals surface area contributed by atoms with Gasteiger partial charge in [-0.05, 0) is 11.5 Å². The summed E-state index contributed by atoms with van der Waals surface area (Å²) in [6.07, 6.45) is -0.276. The number of carbonyl (C=O) groups excluding carboxylic acids is 2. The molecule has 5 N–H and O–H groups in total. The van der Waals surface area contributed by atoms with Gasteiger partial charge in [0.1, 0.15) is 17.9 Å². The number of carbonyl (C=O) groups is 2. The minimum Gasteiger partial charge on any atom is -0.376 e. The van der Waals surface area contributed by atoms with Crippen molar-refractivity contribution >= 4 is 28.5 Å². The van der Waals surface area contributed by atoms with Crippen LogP contribution in [0.2, 0.25) is 0 Å². The Morgan fingerprint density at radius 3 is 2.76 bits per heavy atom. The predicted octanol–water partition coefficient (Wildman–Crippen LogP) is -0.124. The van der Waals surface area contributed by atoms with E-state index in [1.807, 2.05) is 20.8 Å². The Hall–Kier alpha value is -2.12. The molecule has 2 heterocycles. The van der Waals surface area contributed by atoms with E-state index in [1.165, 1.54) is 6.07 Å². The largest absolute Gasteiger partial charge is 0.376 e. The highest BCUT2D eigenvalue weighted by Crippen LogP contribution is 2.36. The van der Waals surface area contributed by atoms with Crippen LogP contribution in [0, 0.1) is 11.2 Å². The summed E-state index contributed by atoms with van der Waals surface area (Å²) >= 11 is 0. The number of ether oxygens (including phenoxy) is 2. The van der Waals surface area contributed by atoms with E-state index in [1.54, 1.807) is 17.1 Å². The predicted molar refractivity (Wildman–Crippen MR) is 122 cm³/mol. The number of fused-ring (bicyclic) bond motifs is 1. The molecular formula is C21H32FN5O5S. The monoisotopic (exact) mass is 485 g/mol. The lowest BCUT2D eigenvalue weighted by atomic mass is 9.85. The molecule has 1 aromatic carbocycles. The van der Waals surface area contributed by atoms with Gasteiger partial charge in [-0.1, -0.05) is 32.9 Å². The molecular weight excluding hydrogens is 453 g/mol. The first kappa shape index (κ1) is 25.5. The van der Waals surface area contributed by atoms with Crippen molar-refractivity contribution in [1.29, 1.82) is 0 Å². The van der Waals surface area contributed by atoms with E-state index in [9.17, 15) is 18.2 Å². The smallest absolute Gasteiger partial charge is 0.244 e. The van der Waals surface area contributed by atoms with E-state index >= 15 is 0 Å². The topological polar surface area (TPSA) is 135 Å². The Labute approximate surface area is 195 Å². The van der Waals surface area contributed by atoms with Crippen LogP contribution in [-0.4, -0.2) is 66.8 Å². The molecule has 0 bridgehead atoms. The van der Waals surface area contributed by atoms with Crippen LogP contribution < -0.4 is 26.2 Å². The van der Waals surface area contributed by atoms with Gasteiger partial charge in [-0.2, -0.15) is 0 Å². The summed E-state index contributed by atoms with van der Waals surface area (Å²) in [6, 6.07) is 2.78. The second kappa shape index (κ2) is 10.9. The molecule has 3 rings (SSSR count). The van der Waals surface area contributed by atoms with Crippen molar-refractivity contribution in [3.63, 3.8) is 0 Å². The summed E-state index contributed by atoms with van der Waals surface area (Å²) in [7, 11) is -1.54. The number of anilines is 1. The lowest BCUT2D eigenvalue weighted by Crippen LogP contribution is -2.56. The maximum atomic E-state index is 14.7. The van der Waals surface area contributed by atoms with Gasteiger partial charge in [0.25, 0.3) is 0 Å². The molecule has 1 aromatic rings. The molecule has 184 valence electrons. The van der Waals surface area contributed by atoms with Crippen LogP contribution in [0.3, 0.4) is 0 Å². The fraction of sp³-hybridized carbons (Fsp3) is 0.619. The molecule has 2 unspecified atom stereocenters. The normalized spacial score (nSPS) is 22.4. The standard InChI is InChI=1S/C21H32FN5O5S/c1-21(2,3)18(20(29)24-7-10-33(23)30)25-19(28)16-14-5-4-6-15(22)17(14)27(26-16)11-13-12-31-8-9-32-13/h4-6,13,16,18,26H,7-12,23H2,1-3H3,(H,24,29)(H,25,28)/t13-,16?,18-,33?/m1/s1. The van der Waals surface area contributed by atoms with Crippen molar-refractivity contribution in [1.82, 2.24) is 16.1 Å². The zero-order valence-corrected chi connectivity index (χ0v) is 19.9. The Bertz CT molecular complexity index is 890. The molecule has 10 nitrogen and oxygen atoms in total. The SMILES string of the molecule is CC(C)(C)[C@H](NC(=O)C1NN(C[C@@H]2COCCO2)c2c(F)cccc21)C(=O)NCCS(N)=O. The van der Waals surface area contributed by atoms with Crippen molar-refractivity contribution in [3.8, 4) is 0 Å². The molecule has 0 spiro atoms. The zero-order valence-electron chi connectivity index (χ0n) is 19.1. The van der Waals surface area contributed by atoms with Crippen molar-refractivity contribution < 1.29 is 27.7 Å². The third kappa shape index (κ3) is 6.48. The van der Waals surface area contributed by atoms with Crippen LogP contribution >= 0.6 is 0 Å². The van der Waals surface area contributed by atoms with Crippen LogP contribution in [0.1, 0.15) is 32.4 Å². The van der Waals surface area contributed by atoms with Crippen molar-refractivity contribution in [2.75, 3.05) is 43.7 Å². The highest BCUT2D eigenvalue weighted by atomic mass is 32.2. The first-order valence-electron chi connectivity index (χ1n) is 10.8. The summed E-state index contributed by atoms with van der Waals surface area (Å²) in [5.74, 6) is -1.24. The number of amides is 2. The van der Waals surface area contributed by atoms with Crippen LogP contribution in [0.25, 0.3) is 0 Å². The third-order valence-electron chi connectivity index (χ3n) is 5.43. The number of hydrogen-bond donors (Lipinski definition) is 4. The van der Waals surface area contributed by atoms with E-state index in [0.29, 0.717) is 25.4 Å². The maximum Gasteiger partial charge on any atom is 0.244 e. The molecule has 0 radical (unpaired) electrons. The first-order chi connectivity index (χ1) is 15.6. The number of nitrogens with one attached hydrogen (secondary N) is 3. The summed E-state index contributed by atoms with van der Waals surface area (Å²) in [6.45, 7) is 7.21. The Balaban J connectivity index is 1.75. The molecule has 2 amide bonds. The second-order valence-electron chi connectivity index (χ2n) is 9.10. The first-order valence-corrected chi connectivity index (χ1v) is 12.2. The quantitative estimate of drug-likeness (QED) is 0.403. The number of hydrogen-bond acceptors (Lipinski definition) is 7. The van der Waals surface area contributed by atoms with Crippen molar-refractivity contribution in [2.45, 2.75) is 39.0 Å². The summed E-state index contributed by atoms with van der Waals surface area (Å²) in [5.41, 5.74) is 3.18. The molecule has 12 heteroatoms. The van der Waals surface area contributed by atoms with Gasteiger partial charge in [-0.3, -0.25) is 14.7 Å². The number of rotatable bonds is 8. The molecule has 0 aliphatic carbocycles. The van der Waals surface area contributed by atoms with Gasteiger partial charge in [0, 0.05) is 12.1 Å². The Morgan fingerprint density at radius 1 is 1.36 bits per heavy atom. The fourth-order valence-corrected chi connectivity index (χ4v) is 4.11. The number of para-hydroxylation sites is 1. The molecule has 2 aliphatic rings. The van der Waals surface area contributed by atoms with Gasteiger partial charge in [0.15, 0.2) is 0 Å². The summed E-state index contributed by atoms with van der Waals surface area (Å²) in [5, 5.41) is 12.3. The molecule has 33 heavy (non-hydrogen) atoms. The van der Waals surface area contributed by atoms with E-state index in [4.69, 9.17) is 14.6 Å². The van der Waals surface area contributed by atoms with E-state index in [-0.39, 0.29) is 30.6 Å². The molecule has 0 saturated carbocycles. The summed E-state index contributed by atoms with van der Waals surface area (Å²) < 4.78 is 36.9. The highest BCUT2D eigenvalue weighted by Gasteiger charge is 2.40. The lowest BCUT2D eigenvalue weighted by Gasteiger charge is -2.32. The molecule has 1 fully saturated rings. The minimum atomic E-state index is -1.54. The number of nitrogens with zero attached hydrogens (tertiary/aromatic N) is 1. The molecule has 0 aromatic heterocycles. The number of halogens is 1. The fourth-order valence-electron chi connectivity index (χ4n) is 3.81. The Kier molecular flexibility index (Phi) is 8.40. The average molecular weight is 486 g/mol. The molecule has 2 aliphatic heterocycles. The van der Waals surface area contributed by atoms with Crippen LogP contribution in [0.5, 0.6) is 0 Å². The highest BCUT2D eigenvalue weighted by molar-refractivity contribution is 7.82. The van der Waals surface area contributed by atoms with Gasteiger partial charge in [0.05, 0.1) is 54.9 Å². The zero-order chi connectivity index (χ0) is 24.2. The van der Waals surface area contributed by atoms with Gasteiger partial charge in [-0.25, -0.2) is 14.0 Å². The average Bonchev–Trinajstić information content (AvgIpc) is 3.11.